The summed E-state index contributed by atoms with van der Waals surface area (Å²) >= 11 is 7.28. The summed E-state index contributed by atoms with van der Waals surface area (Å²) in [6, 6.07) is 1.34. The van der Waals surface area contributed by atoms with Gasteiger partial charge in [0.25, 0.3) is 10.1 Å². The molecule has 1 heterocycles. The second-order valence-corrected chi connectivity index (χ2v) is 6.80. The molecule has 0 radical (unpaired) electrons. The third-order valence-corrected chi connectivity index (χ3v) is 4.51. The third kappa shape index (κ3) is 2.25. The Morgan fingerprint density at radius 1 is 1.45 bits per heavy atom. The van der Waals surface area contributed by atoms with Crippen LogP contribution in [0, 0.1) is 0 Å². The van der Waals surface area contributed by atoms with Crippen LogP contribution in [0.1, 0.15) is 0 Å². The lowest BCUT2D eigenvalue weighted by molar-refractivity contribution is 0.483. The van der Waals surface area contributed by atoms with Crippen molar-refractivity contribution in [2.45, 2.75) is 4.90 Å². The molecule has 1 aromatic rings. The van der Waals surface area contributed by atoms with Gasteiger partial charge in [-0.2, -0.15) is 8.42 Å². The Hall–Kier alpha value is 0.570. The molecule has 0 saturated carbocycles. The number of rotatable bonds is 1. The van der Waals surface area contributed by atoms with Crippen LogP contribution < -0.4 is 0 Å². The van der Waals surface area contributed by atoms with Gasteiger partial charge in [0.2, 0.25) is 0 Å². The summed E-state index contributed by atoms with van der Waals surface area (Å²) < 4.78 is 30.8. The Bertz CT molecular complexity index is 367. The van der Waals surface area contributed by atoms with E-state index >= 15 is 0 Å². The number of hydrogen-bond donors (Lipinski definition) is 1. The lowest BCUT2D eigenvalue weighted by atomic mass is 10.7. The fourth-order valence-corrected chi connectivity index (χ4v) is 4.76. The van der Waals surface area contributed by atoms with Gasteiger partial charge >= 0.3 is 0 Å². The summed E-state index contributed by atoms with van der Waals surface area (Å²) in [4.78, 5) is -0.102. The lowest BCUT2D eigenvalue weighted by Crippen LogP contribution is -1.95. The topological polar surface area (TPSA) is 54.4 Å². The van der Waals surface area contributed by atoms with Crippen LogP contribution in [0.2, 0.25) is 0 Å². The summed E-state index contributed by atoms with van der Waals surface area (Å²) in [5.74, 6) is 0. The first kappa shape index (κ1) is 9.66. The van der Waals surface area contributed by atoms with E-state index in [1.807, 2.05) is 0 Å². The molecule has 0 amide bonds. The van der Waals surface area contributed by atoms with Gasteiger partial charge in [-0.15, -0.1) is 11.3 Å². The second kappa shape index (κ2) is 3.14. The lowest BCUT2D eigenvalue weighted by Gasteiger charge is -1.89. The molecule has 62 valence electrons. The van der Waals surface area contributed by atoms with Crippen molar-refractivity contribution in [2.75, 3.05) is 0 Å². The Kier molecular flexibility index (Phi) is 2.75. The fraction of sp³-hybridized carbons (Fsp3) is 0. The minimum atomic E-state index is -4.08. The Balaban J connectivity index is 3.36. The van der Waals surface area contributed by atoms with Crippen LogP contribution in [0.3, 0.4) is 0 Å². The van der Waals surface area contributed by atoms with Crippen molar-refractivity contribution in [1.29, 1.82) is 0 Å². The second-order valence-electron chi connectivity index (χ2n) is 1.66. The van der Waals surface area contributed by atoms with E-state index in [0.29, 0.717) is 7.57 Å². The Labute approximate surface area is 84.4 Å². The summed E-state index contributed by atoms with van der Waals surface area (Å²) in [5.41, 5.74) is 0. The highest BCUT2D eigenvalue weighted by Gasteiger charge is 2.16. The third-order valence-electron chi connectivity index (χ3n) is 0.903. The van der Waals surface area contributed by atoms with Crippen molar-refractivity contribution in [2.24, 2.45) is 0 Å². The van der Waals surface area contributed by atoms with Crippen molar-refractivity contribution in [3.8, 4) is 0 Å². The molecule has 11 heavy (non-hydrogen) atoms. The maximum atomic E-state index is 10.6. The quantitative estimate of drug-likeness (QED) is 0.809. The highest BCUT2D eigenvalue weighted by molar-refractivity contribution is 9.12. The van der Waals surface area contributed by atoms with Gasteiger partial charge in [-0.1, -0.05) is 0 Å². The zero-order valence-electron chi connectivity index (χ0n) is 4.91. The molecule has 7 heteroatoms. The molecule has 0 aliphatic heterocycles. The number of thiophene rings is 1. The highest BCUT2D eigenvalue weighted by atomic mass is 79.9. The Morgan fingerprint density at radius 3 is 2.18 bits per heavy atom. The van der Waals surface area contributed by atoms with Crippen molar-refractivity contribution in [3.63, 3.8) is 0 Å². The number of hydrogen-bond acceptors (Lipinski definition) is 3. The molecule has 0 fully saturated rings. The molecule has 3 nitrogen and oxygen atoms in total. The maximum absolute atomic E-state index is 10.6. The molecule has 0 aromatic carbocycles. The molecule has 0 aliphatic carbocycles. The van der Waals surface area contributed by atoms with Crippen LogP contribution >= 0.6 is 43.2 Å². The van der Waals surface area contributed by atoms with Crippen molar-refractivity contribution < 1.29 is 13.0 Å². The smallest absolute Gasteiger partial charge is 0.282 e. The molecule has 0 bridgehead atoms. The average molecular weight is 322 g/mol. The van der Waals surface area contributed by atoms with Gasteiger partial charge in [0.15, 0.2) is 0 Å². The standard InChI is InChI=1S/C4H2Br2O3S2/c5-3-1-2(4(6)10-3)11(7,8)9/h1H,(H,7,8,9). The SMILES string of the molecule is O=S(=O)(O)c1cc(Br)sc1Br. The van der Waals surface area contributed by atoms with E-state index in [-0.39, 0.29) is 4.90 Å². The highest BCUT2D eigenvalue weighted by Crippen LogP contribution is 2.34. The van der Waals surface area contributed by atoms with E-state index < -0.39 is 10.1 Å². The van der Waals surface area contributed by atoms with Crippen LogP contribution in [0.25, 0.3) is 0 Å². The molecule has 0 spiro atoms. The van der Waals surface area contributed by atoms with Gasteiger partial charge in [-0.3, -0.25) is 4.55 Å². The summed E-state index contributed by atoms with van der Waals surface area (Å²) in [7, 11) is -4.08. The predicted octanol–water partition coefficient (Wildman–Crippen LogP) is 2.52. The van der Waals surface area contributed by atoms with E-state index in [1.165, 1.54) is 17.4 Å². The van der Waals surface area contributed by atoms with Crippen LogP contribution in [-0.4, -0.2) is 13.0 Å². The molecule has 1 aromatic heterocycles. The summed E-state index contributed by atoms with van der Waals surface area (Å²) in [6.07, 6.45) is 0. The van der Waals surface area contributed by atoms with Gasteiger partial charge in [-0.05, 0) is 37.9 Å². The van der Waals surface area contributed by atoms with Crippen molar-refractivity contribution >= 4 is 53.3 Å². The van der Waals surface area contributed by atoms with Gasteiger partial charge in [0.05, 0.1) is 7.57 Å². The molecular formula is C4H2Br2O3S2. The number of halogens is 2. The fourth-order valence-electron chi connectivity index (χ4n) is 0.501. The zero-order chi connectivity index (χ0) is 8.65. The zero-order valence-corrected chi connectivity index (χ0v) is 9.72. The van der Waals surface area contributed by atoms with E-state index in [9.17, 15) is 8.42 Å². The predicted molar refractivity (Wildman–Crippen MR) is 49.5 cm³/mol. The first-order valence-corrected chi connectivity index (χ1v) is 6.18. The Morgan fingerprint density at radius 2 is 2.00 bits per heavy atom. The molecule has 0 aliphatic rings. The average Bonchev–Trinajstić information content (AvgIpc) is 2.08. The normalized spacial score (nSPS) is 11.9. The van der Waals surface area contributed by atoms with Gasteiger partial charge in [0.1, 0.15) is 4.90 Å². The summed E-state index contributed by atoms with van der Waals surface area (Å²) in [6.45, 7) is 0. The first-order valence-electron chi connectivity index (χ1n) is 2.33. The van der Waals surface area contributed by atoms with Crippen LogP contribution in [0.15, 0.2) is 18.5 Å². The van der Waals surface area contributed by atoms with Gasteiger partial charge in [-0.25, -0.2) is 0 Å². The van der Waals surface area contributed by atoms with Gasteiger partial charge in [0, 0.05) is 0 Å². The van der Waals surface area contributed by atoms with E-state index in [1.54, 1.807) is 0 Å². The summed E-state index contributed by atoms with van der Waals surface area (Å²) in [5, 5.41) is 0. The molecular weight excluding hydrogens is 320 g/mol. The molecule has 1 N–H and O–H groups in total. The largest absolute Gasteiger partial charge is 0.296 e. The monoisotopic (exact) mass is 320 g/mol. The molecule has 1 rings (SSSR count). The van der Waals surface area contributed by atoms with Crippen LogP contribution in [-0.2, 0) is 10.1 Å². The van der Waals surface area contributed by atoms with Gasteiger partial charge < -0.3 is 0 Å². The van der Waals surface area contributed by atoms with Crippen molar-refractivity contribution in [1.82, 2.24) is 0 Å². The van der Waals surface area contributed by atoms with Crippen molar-refractivity contribution in [3.05, 3.63) is 13.6 Å². The first-order chi connectivity index (χ1) is 4.91. The maximum Gasteiger partial charge on any atom is 0.296 e. The van der Waals surface area contributed by atoms with Crippen LogP contribution in [0.5, 0.6) is 0 Å². The van der Waals surface area contributed by atoms with E-state index in [4.69, 9.17) is 4.55 Å². The molecule has 0 unspecified atom stereocenters. The van der Waals surface area contributed by atoms with E-state index in [0.717, 1.165) is 0 Å². The minimum Gasteiger partial charge on any atom is -0.282 e. The minimum absolute atomic E-state index is 0.102. The molecule has 0 saturated heterocycles. The molecule has 0 atom stereocenters. The van der Waals surface area contributed by atoms with E-state index in [2.05, 4.69) is 31.9 Å². The van der Waals surface area contributed by atoms with Crippen LogP contribution in [0.4, 0.5) is 0 Å².